The number of aromatic nitrogens is 6. The van der Waals surface area contributed by atoms with Crippen molar-refractivity contribution in [1.82, 2.24) is 34.8 Å². The Hall–Kier alpha value is -3.46. The summed E-state index contributed by atoms with van der Waals surface area (Å²) in [5.41, 5.74) is 3.25. The molecule has 0 fully saturated rings. The van der Waals surface area contributed by atoms with Gasteiger partial charge in [0.25, 0.3) is 0 Å². The Kier molecular flexibility index (Phi) is 6.96. The summed E-state index contributed by atoms with van der Waals surface area (Å²) in [5, 5.41) is 16.2. The molecule has 2 heterocycles. The minimum Gasteiger partial charge on any atom is -0.347 e. The van der Waals surface area contributed by atoms with Gasteiger partial charge < -0.3 is 5.32 Å². The molecule has 4 aromatic rings. The van der Waals surface area contributed by atoms with E-state index in [4.69, 9.17) is 0 Å². The predicted molar refractivity (Wildman–Crippen MR) is 124 cm³/mol. The zero-order valence-electron chi connectivity index (χ0n) is 18.0. The van der Waals surface area contributed by atoms with Crippen LogP contribution in [-0.2, 0) is 11.3 Å². The summed E-state index contributed by atoms with van der Waals surface area (Å²) in [6.45, 7) is 4.83. The van der Waals surface area contributed by atoms with Gasteiger partial charge in [0.1, 0.15) is 19.0 Å². The van der Waals surface area contributed by atoms with E-state index in [1.807, 2.05) is 47.0 Å². The Bertz CT molecular complexity index is 1120. The number of nitrogens with one attached hydrogen (secondary N) is 1. The Morgan fingerprint density at radius 1 is 1.03 bits per heavy atom. The fourth-order valence-electron chi connectivity index (χ4n) is 3.32. The van der Waals surface area contributed by atoms with Gasteiger partial charge in [-0.1, -0.05) is 68.1 Å². The highest BCUT2D eigenvalue weighted by atomic mass is 32.2. The van der Waals surface area contributed by atoms with Crippen molar-refractivity contribution in [2.75, 3.05) is 5.75 Å². The minimum absolute atomic E-state index is 0.0892. The van der Waals surface area contributed by atoms with E-state index < -0.39 is 0 Å². The molecule has 164 valence electrons. The van der Waals surface area contributed by atoms with E-state index in [1.165, 1.54) is 23.7 Å². The second kappa shape index (κ2) is 10.2. The standard InChI is InChI=1S/C23H25N7OS/c1-17(2)18-8-10-20(11-9-18)30-16-25-28-23(30)32-13-22(31)27-21(12-29-15-24-14-26-29)19-6-4-3-5-7-19/h3-11,14-17,21H,12-13H2,1-2H3,(H,27,31). The molecule has 0 aliphatic heterocycles. The molecule has 8 nitrogen and oxygen atoms in total. The van der Waals surface area contributed by atoms with E-state index >= 15 is 0 Å². The van der Waals surface area contributed by atoms with Gasteiger partial charge in [0, 0.05) is 5.69 Å². The van der Waals surface area contributed by atoms with Crippen molar-refractivity contribution in [3.05, 3.63) is 84.7 Å². The van der Waals surface area contributed by atoms with Gasteiger partial charge in [-0.2, -0.15) is 5.10 Å². The second-order valence-corrected chi connectivity index (χ2v) is 8.61. The Morgan fingerprint density at radius 2 is 1.81 bits per heavy atom. The quantitative estimate of drug-likeness (QED) is 0.394. The first-order valence-corrected chi connectivity index (χ1v) is 11.4. The summed E-state index contributed by atoms with van der Waals surface area (Å²) in [6, 6.07) is 17.9. The lowest BCUT2D eigenvalue weighted by Crippen LogP contribution is -2.32. The van der Waals surface area contributed by atoms with E-state index in [0.29, 0.717) is 17.6 Å². The first-order chi connectivity index (χ1) is 15.6. The monoisotopic (exact) mass is 447 g/mol. The van der Waals surface area contributed by atoms with E-state index in [-0.39, 0.29) is 17.7 Å². The topological polar surface area (TPSA) is 90.5 Å². The zero-order chi connectivity index (χ0) is 22.3. The van der Waals surface area contributed by atoms with Crippen LogP contribution in [0.1, 0.15) is 36.9 Å². The van der Waals surface area contributed by atoms with Gasteiger partial charge in [0.15, 0.2) is 5.16 Å². The molecule has 0 saturated heterocycles. The molecule has 1 N–H and O–H groups in total. The molecule has 0 spiro atoms. The van der Waals surface area contributed by atoms with E-state index in [0.717, 1.165) is 11.3 Å². The summed E-state index contributed by atoms with van der Waals surface area (Å²) in [5.74, 6) is 0.606. The first kappa shape index (κ1) is 21.8. The number of hydrogen-bond acceptors (Lipinski definition) is 6. The normalized spacial score (nSPS) is 12.1. The lowest BCUT2D eigenvalue weighted by molar-refractivity contribution is -0.119. The maximum Gasteiger partial charge on any atom is 0.231 e. The third kappa shape index (κ3) is 5.42. The molecule has 2 aromatic heterocycles. The van der Waals surface area contributed by atoms with Crippen LogP contribution in [0.25, 0.3) is 5.69 Å². The number of hydrogen-bond donors (Lipinski definition) is 1. The van der Waals surface area contributed by atoms with Crippen molar-refractivity contribution >= 4 is 17.7 Å². The lowest BCUT2D eigenvalue weighted by Gasteiger charge is -2.19. The highest BCUT2D eigenvalue weighted by Crippen LogP contribution is 2.22. The van der Waals surface area contributed by atoms with Crippen LogP contribution in [0.2, 0.25) is 0 Å². The van der Waals surface area contributed by atoms with Crippen molar-refractivity contribution in [3.63, 3.8) is 0 Å². The highest BCUT2D eigenvalue weighted by Gasteiger charge is 2.17. The number of rotatable bonds is 9. The Labute approximate surface area is 191 Å². The molecule has 1 amide bonds. The number of benzene rings is 2. The van der Waals surface area contributed by atoms with E-state index in [1.54, 1.807) is 17.3 Å². The van der Waals surface area contributed by atoms with Crippen LogP contribution in [0.4, 0.5) is 0 Å². The van der Waals surface area contributed by atoms with Crippen LogP contribution >= 0.6 is 11.8 Å². The molecule has 9 heteroatoms. The van der Waals surface area contributed by atoms with Crippen molar-refractivity contribution in [3.8, 4) is 5.69 Å². The maximum atomic E-state index is 12.8. The summed E-state index contributed by atoms with van der Waals surface area (Å²) >= 11 is 1.35. The molecule has 4 rings (SSSR count). The summed E-state index contributed by atoms with van der Waals surface area (Å²) in [4.78, 5) is 16.8. The molecule has 1 atom stereocenters. The van der Waals surface area contributed by atoms with Gasteiger partial charge in [-0.15, -0.1) is 10.2 Å². The van der Waals surface area contributed by atoms with Gasteiger partial charge in [-0.25, -0.2) is 4.98 Å². The van der Waals surface area contributed by atoms with E-state index in [9.17, 15) is 4.79 Å². The second-order valence-electron chi connectivity index (χ2n) is 7.67. The predicted octanol–water partition coefficient (Wildman–Crippen LogP) is 3.63. The van der Waals surface area contributed by atoms with Gasteiger partial charge >= 0.3 is 0 Å². The molecule has 0 bridgehead atoms. The molecule has 2 aromatic carbocycles. The maximum absolute atomic E-state index is 12.8. The fraction of sp³-hybridized carbons (Fsp3) is 0.261. The molecule has 0 aliphatic carbocycles. The summed E-state index contributed by atoms with van der Waals surface area (Å²) in [7, 11) is 0. The largest absolute Gasteiger partial charge is 0.347 e. The smallest absolute Gasteiger partial charge is 0.231 e. The number of carbonyl (C=O) groups excluding carboxylic acids is 1. The van der Waals surface area contributed by atoms with Gasteiger partial charge in [-0.3, -0.25) is 14.0 Å². The Morgan fingerprint density at radius 3 is 2.50 bits per heavy atom. The number of carbonyl (C=O) groups is 1. The van der Waals surface area contributed by atoms with Crippen molar-refractivity contribution < 1.29 is 4.79 Å². The van der Waals surface area contributed by atoms with Crippen LogP contribution < -0.4 is 5.32 Å². The van der Waals surface area contributed by atoms with Crippen molar-refractivity contribution in [2.24, 2.45) is 0 Å². The van der Waals surface area contributed by atoms with Crippen molar-refractivity contribution in [1.29, 1.82) is 0 Å². The number of amides is 1. The lowest BCUT2D eigenvalue weighted by atomic mass is 10.0. The molecular weight excluding hydrogens is 422 g/mol. The molecule has 0 saturated carbocycles. The van der Waals surface area contributed by atoms with Gasteiger partial charge in [0.05, 0.1) is 18.3 Å². The first-order valence-electron chi connectivity index (χ1n) is 10.4. The van der Waals surface area contributed by atoms with Crippen LogP contribution in [0.5, 0.6) is 0 Å². The minimum atomic E-state index is -0.215. The average Bonchev–Trinajstić information content (AvgIpc) is 3.50. The third-order valence-corrected chi connectivity index (χ3v) is 6.00. The molecule has 32 heavy (non-hydrogen) atoms. The van der Waals surface area contributed by atoms with Crippen LogP contribution in [0.15, 0.2) is 78.7 Å². The summed E-state index contributed by atoms with van der Waals surface area (Å²) < 4.78 is 3.61. The SMILES string of the molecule is CC(C)c1ccc(-n2cnnc2SCC(=O)NC(Cn2cncn2)c2ccccc2)cc1. The zero-order valence-corrected chi connectivity index (χ0v) is 18.8. The fourth-order valence-corrected chi connectivity index (χ4v) is 4.06. The Balaban J connectivity index is 1.41. The van der Waals surface area contributed by atoms with Gasteiger partial charge in [0.2, 0.25) is 5.91 Å². The molecular formula is C23H25N7OS. The van der Waals surface area contributed by atoms with Crippen LogP contribution in [-0.4, -0.2) is 41.2 Å². The molecule has 0 radical (unpaired) electrons. The van der Waals surface area contributed by atoms with Crippen molar-refractivity contribution in [2.45, 2.75) is 37.5 Å². The molecule has 1 unspecified atom stereocenters. The van der Waals surface area contributed by atoms with E-state index in [2.05, 4.69) is 51.6 Å². The van der Waals surface area contributed by atoms with Crippen LogP contribution in [0, 0.1) is 0 Å². The average molecular weight is 448 g/mol. The molecule has 0 aliphatic rings. The number of nitrogens with zero attached hydrogens (tertiary/aromatic N) is 6. The summed E-state index contributed by atoms with van der Waals surface area (Å²) in [6.07, 6.45) is 4.80. The van der Waals surface area contributed by atoms with Gasteiger partial charge in [-0.05, 0) is 29.2 Å². The van der Waals surface area contributed by atoms with Crippen LogP contribution in [0.3, 0.4) is 0 Å². The number of thioether (sulfide) groups is 1. The highest BCUT2D eigenvalue weighted by molar-refractivity contribution is 7.99. The third-order valence-electron chi connectivity index (χ3n) is 5.06.